The van der Waals surface area contributed by atoms with Gasteiger partial charge in [-0.25, -0.2) is 13.1 Å². The Bertz CT molecular complexity index is 845. The molecule has 0 radical (unpaired) electrons. The van der Waals surface area contributed by atoms with Gasteiger partial charge in [0.1, 0.15) is 0 Å². The molecule has 0 bridgehead atoms. The molecule has 2 rings (SSSR count). The van der Waals surface area contributed by atoms with Gasteiger partial charge in [-0.2, -0.15) is 0 Å². The van der Waals surface area contributed by atoms with Crippen LogP contribution in [0.25, 0.3) is 11.1 Å². The molecule has 2 aromatic rings. The van der Waals surface area contributed by atoms with E-state index in [9.17, 15) is 18.5 Å². The fourth-order valence-electron chi connectivity index (χ4n) is 2.26. The summed E-state index contributed by atoms with van der Waals surface area (Å²) in [5.74, 6) is 0. The van der Waals surface area contributed by atoms with Crippen LogP contribution in [0.2, 0.25) is 0 Å². The Hall–Kier alpha value is -2.25. The molecule has 0 heterocycles. The molecular weight excluding hydrogens is 328 g/mol. The van der Waals surface area contributed by atoms with E-state index in [-0.39, 0.29) is 16.6 Å². The summed E-state index contributed by atoms with van der Waals surface area (Å²) in [6, 6.07) is 10.8. The van der Waals surface area contributed by atoms with Crippen molar-refractivity contribution in [3.8, 4) is 11.1 Å². The molecule has 0 saturated heterocycles. The molecule has 1 unspecified atom stereocenters. The van der Waals surface area contributed by atoms with Crippen molar-refractivity contribution in [3.05, 3.63) is 58.1 Å². The molecule has 24 heavy (non-hydrogen) atoms. The minimum Gasteiger partial charge on any atom is -0.258 e. The summed E-state index contributed by atoms with van der Waals surface area (Å²) in [4.78, 5) is 10.7. The van der Waals surface area contributed by atoms with Crippen LogP contribution in [0.15, 0.2) is 47.4 Å². The first kappa shape index (κ1) is 18.1. The monoisotopic (exact) mass is 348 g/mol. The Morgan fingerprint density at radius 2 is 1.79 bits per heavy atom. The van der Waals surface area contributed by atoms with Crippen LogP contribution >= 0.6 is 0 Å². The summed E-state index contributed by atoms with van der Waals surface area (Å²) in [6.45, 7) is 5.56. The van der Waals surface area contributed by atoms with E-state index < -0.39 is 14.9 Å². The van der Waals surface area contributed by atoms with E-state index >= 15 is 0 Å². The standard InChI is InChI=1S/C17H20N2O4S/c1-4-13(3)18-24(22,23)16-9-6-14(7-10-16)17-11-15(19(20)21)8-5-12(17)2/h5-11,13,18H,4H2,1-3H3. The van der Waals surface area contributed by atoms with Crippen LogP contribution in [-0.4, -0.2) is 19.4 Å². The van der Waals surface area contributed by atoms with Gasteiger partial charge in [-0.05, 0) is 49.1 Å². The molecule has 0 aliphatic heterocycles. The first-order chi connectivity index (χ1) is 11.2. The Kier molecular flexibility index (Phi) is 5.36. The maximum atomic E-state index is 12.3. The highest BCUT2D eigenvalue weighted by Gasteiger charge is 2.17. The Labute approximate surface area is 141 Å². The highest BCUT2D eigenvalue weighted by molar-refractivity contribution is 7.89. The third-order valence-electron chi connectivity index (χ3n) is 3.88. The summed E-state index contributed by atoms with van der Waals surface area (Å²) >= 11 is 0. The number of nitro groups is 1. The fourth-order valence-corrected chi connectivity index (χ4v) is 3.59. The lowest BCUT2D eigenvalue weighted by molar-refractivity contribution is -0.384. The average Bonchev–Trinajstić information content (AvgIpc) is 2.54. The topological polar surface area (TPSA) is 89.3 Å². The predicted molar refractivity (Wildman–Crippen MR) is 93.3 cm³/mol. The molecule has 1 N–H and O–H groups in total. The molecule has 6 nitrogen and oxygen atoms in total. The third kappa shape index (κ3) is 3.98. The van der Waals surface area contributed by atoms with Crippen molar-refractivity contribution in [2.75, 3.05) is 0 Å². The van der Waals surface area contributed by atoms with Crippen LogP contribution in [0.3, 0.4) is 0 Å². The molecule has 128 valence electrons. The molecule has 0 aliphatic carbocycles. The number of non-ortho nitro benzene ring substituents is 1. The Balaban J connectivity index is 2.37. The zero-order valence-corrected chi connectivity index (χ0v) is 14.6. The van der Waals surface area contributed by atoms with Gasteiger partial charge in [-0.1, -0.05) is 25.1 Å². The summed E-state index contributed by atoms with van der Waals surface area (Å²) in [7, 11) is -3.56. The summed E-state index contributed by atoms with van der Waals surface area (Å²) < 4.78 is 27.1. The van der Waals surface area contributed by atoms with Crippen LogP contribution in [-0.2, 0) is 10.0 Å². The van der Waals surface area contributed by atoms with Gasteiger partial charge < -0.3 is 0 Å². The van der Waals surface area contributed by atoms with Crippen LogP contribution < -0.4 is 4.72 Å². The number of nitro benzene ring substituents is 1. The van der Waals surface area contributed by atoms with Crippen LogP contribution in [0.5, 0.6) is 0 Å². The molecule has 0 saturated carbocycles. The van der Waals surface area contributed by atoms with Crippen molar-refractivity contribution >= 4 is 15.7 Å². The number of benzene rings is 2. The minimum absolute atomic E-state index is 0.00531. The smallest absolute Gasteiger partial charge is 0.258 e. The molecule has 0 aliphatic rings. The summed E-state index contributed by atoms with van der Waals surface area (Å²) in [6.07, 6.45) is 0.699. The number of nitrogens with one attached hydrogen (secondary N) is 1. The molecule has 0 fully saturated rings. The second kappa shape index (κ2) is 7.11. The summed E-state index contributed by atoms with van der Waals surface area (Å²) in [5, 5.41) is 10.9. The van der Waals surface area contributed by atoms with Crippen LogP contribution in [0.1, 0.15) is 25.8 Å². The maximum Gasteiger partial charge on any atom is 0.270 e. The van der Waals surface area contributed by atoms with Crippen LogP contribution in [0.4, 0.5) is 5.69 Å². The van der Waals surface area contributed by atoms with E-state index in [4.69, 9.17) is 0 Å². The van der Waals surface area contributed by atoms with Gasteiger partial charge in [-0.3, -0.25) is 10.1 Å². The minimum atomic E-state index is -3.56. The van der Waals surface area contributed by atoms with Gasteiger partial charge in [0.2, 0.25) is 10.0 Å². The Morgan fingerprint density at radius 1 is 1.17 bits per heavy atom. The zero-order chi connectivity index (χ0) is 17.9. The van der Waals surface area contributed by atoms with Gasteiger partial charge in [0.05, 0.1) is 9.82 Å². The van der Waals surface area contributed by atoms with E-state index in [1.807, 2.05) is 13.8 Å². The quantitative estimate of drug-likeness (QED) is 0.637. The molecule has 1 atom stereocenters. The van der Waals surface area contributed by atoms with Crippen molar-refractivity contribution in [2.45, 2.75) is 38.1 Å². The second-order valence-electron chi connectivity index (χ2n) is 5.71. The number of sulfonamides is 1. The SMILES string of the molecule is CCC(C)NS(=O)(=O)c1ccc(-c2cc([N+](=O)[O-])ccc2C)cc1. The zero-order valence-electron chi connectivity index (χ0n) is 13.8. The van der Waals surface area contributed by atoms with Crippen molar-refractivity contribution in [3.63, 3.8) is 0 Å². The van der Waals surface area contributed by atoms with E-state index in [1.165, 1.54) is 24.3 Å². The fraction of sp³-hybridized carbons (Fsp3) is 0.294. The molecule has 2 aromatic carbocycles. The van der Waals surface area contributed by atoms with Crippen molar-refractivity contribution in [1.82, 2.24) is 4.72 Å². The molecule has 0 spiro atoms. The van der Waals surface area contributed by atoms with Gasteiger partial charge >= 0.3 is 0 Å². The van der Waals surface area contributed by atoms with E-state index in [0.29, 0.717) is 12.0 Å². The third-order valence-corrected chi connectivity index (χ3v) is 5.48. The van der Waals surface area contributed by atoms with Gasteiger partial charge in [0, 0.05) is 18.2 Å². The lowest BCUT2D eigenvalue weighted by Crippen LogP contribution is -2.31. The average molecular weight is 348 g/mol. The number of nitrogens with zero attached hydrogens (tertiary/aromatic N) is 1. The summed E-state index contributed by atoms with van der Waals surface area (Å²) in [5.41, 5.74) is 2.33. The second-order valence-corrected chi connectivity index (χ2v) is 7.43. The molecule has 0 amide bonds. The largest absolute Gasteiger partial charge is 0.270 e. The number of rotatable bonds is 6. The molecular formula is C17H20N2O4S. The molecule has 7 heteroatoms. The molecule has 0 aromatic heterocycles. The predicted octanol–water partition coefficient (Wildman–Crippen LogP) is 3.65. The van der Waals surface area contributed by atoms with Gasteiger partial charge in [-0.15, -0.1) is 0 Å². The maximum absolute atomic E-state index is 12.3. The highest BCUT2D eigenvalue weighted by atomic mass is 32.2. The van der Waals surface area contributed by atoms with Crippen LogP contribution in [0, 0.1) is 17.0 Å². The number of hydrogen-bond donors (Lipinski definition) is 1. The van der Waals surface area contributed by atoms with E-state index in [2.05, 4.69) is 4.72 Å². The normalized spacial score (nSPS) is 12.8. The van der Waals surface area contributed by atoms with Crippen molar-refractivity contribution < 1.29 is 13.3 Å². The Morgan fingerprint density at radius 3 is 2.33 bits per heavy atom. The van der Waals surface area contributed by atoms with Gasteiger partial charge in [0.25, 0.3) is 5.69 Å². The first-order valence-electron chi connectivity index (χ1n) is 7.62. The number of hydrogen-bond acceptors (Lipinski definition) is 4. The van der Waals surface area contributed by atoms with E-state index in [1.54, 1.807) is 25.1 Å². The number of aryl methyl sites for hydroxylation is 1. The van der Waals surface area contributed by atoms with E-state index in [0.717, 1.165) is 11.1 Å². The van der Waals surface area contributed by atoms with Crippen molar-refractivity contribution in [1.29, 1.82) is 0 Å². The van der Waals surface area contributed by atoms with Crippen molar-refractivity contribution in [2.24, 2.45) is 0 Å². The first-order valence-corrected chi connectivity index (χ1v) is 9.10. The van der Waals surface area contributed by atoms with Gasteiger partial charge in [0.15, 0.2) is 0 Å². The highest BCUT2D eigenvalue weighted by Crippen LogP contribution is 2.28. The lowest BCUT2D eigenvalue weighted by Gasteiger charge is -2.13. The lowest BCUT2D eigenvalue weighted by atomic mass is 10.00.